The molecule has 1 aliphatic rings. The summed E-state index contributed by atoms with van der Waals surface area (Å²) < 4.78 is 50.9. The summed E-state index contributed by atoms with van der Waals surface area (Å²) >= 11 is 0. The van der Waals surface area contributed by atoms with E-state index in [2.05, 4.69) is 9.88 Å². The highest BCUT2D eigenvalue weighted by Crippen LogP contribution is 2.40. The molecule has 1 aromatic carbocycles. The van der Waals surface area contributed by atoms with Gasteiger partial charge < -0.3 is 14.5 Å². The van der Waals surface area contributed by atoms with Gasteiger partial charge in [-0.15, -0.1) is 0 Å². The smallest absolute Gasteiger partial charge is 0.418 e. The van der Waals surface area contributed by atoms with Crippen LogP contribution in [0.3, 0.4) is 0 Å². The fourth-order valence-electron chi connectivity index (χ4n) is 3.53. The van der Waals surface area contributed by atoms with Crippen molar-refractivity contribution in [2.24, 2.45) is 0 Å². The molecule has 7 heteroatoms. The first-order valence-electron chi connectivity index (χ1n) is 8.52. The number of alkyl halides is 3. The number of aromatic amines is 1. The lowest BCUT2D eigenvalue weighted by molar-refractivity contribution is -0.136. The number of benzene rings is 1. The number of rotatable bonds is 5. The number of methoxy groups -OCH3 is 1. The molecule has 1 aliphatic heterocycles. The maximum atomic E-state index is 13.3. The zero-order valence-corrected chi connectivity index (χ0v) is 14.4. The first-order chi connectivity index (χ1) is 11.9. The van der Waals surface area contributed by atoms with Crippen molar-refractivity contribution in [3.8, 4) is 5.75 Å². The van der Waals surface area contributed by atoms with Gasteiger partial charge in [0, 0.05) is 43.4 Å². The summed E-state index contributed by atoms with van der Waals surface area (Å²) in [6.45, 7) is 4.99. The second kappa shape index (κ2) is 7.25. The largest absolute Gasteiger partial charge is 0.496 e. The fourth-order valence-corrected chi connectivity index (χ4v) is 3.53. The number of hydrogen-bond acceptors (Lipinski definition) is 3. The third-order valence-electron chi connectivity index (χ3n) is 4.76. The molecule has 3 rings (SSSR count). The zero-order valence-electron chi connectivity index (χ0n) is 14.4. The number of nitrogens with zero attached hydrogens (tertiary/aromatic N) is 1. The summed E-state index contributed by atoms with van der Waals surface area (Å²) in [4.78, 5) is 4.98. The Morgan fingerprint density at radius 2 is 2.00 bits per heavy atom. The molecule has 0 bridgehead atoms. The van der Waals surface area contributed by atoms with Gasteiger partial charge in [-0.1, -0.05) is 0 Å². The molecule has 2 aromatic rings. The van der Waals surface area contributed by atoms with Crippen LogP contribution in [0.5, 0.6) is 5.75 Å². The predicted molar refractivity (Wildman–Crippen MR) is 89.8 cm³/mol. The first-order valence-corrected chi connectivity index (χ1v) is 8.52. The average molecular weight is 356 g/mol. The van der Waals surface area contributed by atoms with Crippen LogP contribution in [0.4, 0.5) is 13.2 Å². The number of piperidine rings is 1. The minimum Gasteiger partial charge on any atom is -0.496 e. The van der Waals surface area contributed by atoms with E-state index in [4.69, 9.17) is 9.47 Å². The summed E-state index contributed by atoms with van der Waals surface area (Å²) in [5, 5.41) is 0.568. The number of H-pyrrole nitrogens is 1. The summed E-state index contributed by atoms with van der Waals surface area (Å²) in [5.41, 5.74) is 0.220. The highest BCUT2D eigenvalue weighted by atomic mass is 19.4. The van der Waals surface area contributed by atoms with Gasteiger partial charge in [-0.2, -0.15) is 13.2 Å². The lowest BCUT2D eigenvalue weighted by atomic mass is 10.0. The Morgan fingerprint density at radius 1 is 1.28 bits per heavy atom. The van der Waals surface area contributed by atoms with Crippen LogP contribution in [0.25, 0.3) is 10.9 Å². The lowest BCUT2D eigenvalue weighted by Gasteiger charge is -2.32. The number of fused-ring (bicyclic) bond motifs is 1. The van der Waals surface area contributed by atoms with Gasteiger partial charge in [0.25, 0.3) is 0 Å². The third kappa shape index (κ3) is 3.77. The van der Waals surface area contributed by atoms with E-state index in [1.165, 1.54) is 7.11 Å². The van der Waals surface area contributed by atoms with Gasteiger partial charge in [-0.25, -0.2) is 0 Å². The first kappa shape index (κ1) is 18.1. The molecule has 1 fully saturated rings. The van der Waals surface area contributed by atoms with E-state index in [0.717, 1.165) is 37.6 Å². The van der Waals surface area contributed by atoms with Gasteiger partial charge in [-0.3, -0.25) is 4.90 Å². The standard InChI is InChI=1S/C18H23F3N2O2/c1-3-25-12-5-8-23(9-6-12)11-14-13-4-7-22-17(13)15(18(19,20)21)10-16(14)24-2/h4,7,10,12,22H,3,5-6,8-9,11H2,1-2H3. The Balaban J connectivity index is 1.88. The van der Waals surface area contributed by atoms with Crippen molar-refractivity contribution < 1.29 is 22.6 Å². The van der Waals surface area contributed by atoms with E-state index in [-0.39, 0.29) is 17.4 Å². The van der Waals surface area contributed by atoms with Gasteiger partial charge in [0.1, 0.15) is 5.75 Å². The maximum Gasteiger partial charge on any atom is 0.418 e. The van der Waals surface area contributed by atoms with Crippen LogP contribution in [0.15, 0.2) is 18.3 Å². The van der Waals surface area contributed by atoms with Crippen LogP contribution >= 0.6 is 0 Å². The Hall–Kier alpha value is -1.73. The van der Waals surface area contributed by atoms with E-state index >= 15 is 0 Å². The Kier molecular flexibility index (Phi) is 5.24. The molecule has 4 nitrogen and oxygen atoms in total. The minimum absolute atomic E-state index is 0.118. The second-order valence-corrected chi connectivity index (χ2v) is 6.30. The molecule has 1 saturated heterocycles. The van der Waals surface area contributed by atoms with Crippen LogP contribution in [0.2, 0.25) is 0 Å². The quantitative estimate of drug-likeness (QED) is 0.873. The molecule has 0 atom stereocenters. The average Bonchev–Trinajstić information content (AvgIpc) is 3.05. The summed E-state index contributed by atoms with van der Waals surface area (Å²) in [6, 6.07) is 2.79. The SMILES string of the molecule is CCOC1CCN(Cc2c(OC)cc(C(F)(F)F)c3[nH]ccc23)CC1. The molecule has 0 radical (unpaired) electrons. The number of nitrogens with one attached hydrogen (secondary N) is 1. The van der Waals surface area contributed by atoms with Crippen molar-refractivity contribution in [3.63, 3.8) is 0 Å². The zero-order chi connectivity index (χ0) is 18.0. The van der Waals surface area contributed by atoms with E-state index in [0.29, 0.717) is 18.5 Å². The molecular formula is C18H23F3N2O2. The third-order valence-corrected chi connectivity index (χ3v) is 4.76. The fraction of sp³-hybridized carbons (Fsp3) is 0.556. The monoisotopic (exact) mass is 356 g/mol. The summed E-state index contributed by atoms with van der Waals surface area (Å²) in [7, 11) is 1.42. The molecule has 0 unspecified atom stereocenters. The lowest BCUT2D eigenvalue weighted by Crippen LogP contribution is -2.36. The molecule has 0 saturated carbocycles. The van der Waals surface area contributed by atoms with Crippen molar-refractivity contribution >= 4 is 10.9 Å². The van der Waals surface area contributed by atoms with Crippen molar-refractivity contribution in [1.29, 1.82) is 0 Å². The van der Waals surface area contributed by atoms with E-state index in [1.807, 2.05) is 6.92 Å². The molecule has 0 spiro atoms. The van der Waals surface area contributed by atoms with Crippen LogP contribution in [0, 0.1) is 0 Å². The van der Waals surface area contributed by atoms with Gasteiger partial charge >= 0.3 is 6.18 Å². The Labute approximate surface area is 144 Å². The Bertz CT molecular complexity index is 719. The normalized spacial score (nSPS) is 17.3. The van der Waals surface area contributed by atoms with Crippen LogP contribution in [-0.4, -0.2) is 42.8 Å². The number of ether oxygens (including phenoxy) is 2. The second-order valence-electron chi connectivity index (χ2n) is 6.30. The highest BCUT2D eigenvalue weighted by molar-refractivity contribution is 5.88. The van der Waals surface area contributed by atoms with Gasteiger partial charge in [0.15, 0.2) is 0 Å². The molecule has 1 N–H and O–H groups in total. The van der Waals surface area contributed by atoms with E-state index in [1.54, 1.807) is 12.3 Å². The van der Waals surface area contributed by atoms with Crippen molar-refractivity contribution in [2.75, 3.05) is 26.8 Å². The summed E-state index contributed by atoms with van der Waals surface area (Å²) in [5.74, 6) is 0.284. The minimum atomic E-state index is -4.43. The van der Waals surface area contributed by atoms with Crippen molar-refractivity contribution in [1.82, 2.24) is 9.88 Å². The maximum absolute atomic E-state index is 13.3. The van der Waals surface area contributed by atoms with Gasteiger partial charge in [-0.05, 0) is 31.9 Å². The number of halogens is 3. The van der Waals surface area contributed by atoms with E-state index < -0.39 is 11.7 Å². The topological polar surface area (TPSA) is 37.5 Å². The van der Waals surface area contributed by atoms with Crippen LogP contribution in [-0.2, 0) is 17.5 Å². The highest BCUT2D eigenvalue weighted by Gasteiger charge is 2.35. The van der Waals surface area contributed by atoms with Gasteiger partial charge in [0.05, 0.1) is 24.3 Å². The molecule has 0 aliphatic carbocycles. The Morgan fingerprint density at radius 3 is 2.60 bits per heavy atom. The van der Waals surface area contributed by atoms with Crippen LogP contribution < -0.4 is 4.74 Å². The van der Waals surface area contributed by atoms with Crippen molar-refractivity contribution in [3.05, 3.63) is 29.5 Å². The molecule has 25 heavy (non-hydrogen) atoms. The molecule has 2 heterocycles. The predicted octanol–water partition coefficient (Wildman–Crippen LogP) is 4.20. The number of hydrogen-bond donors (Lipinski definition) is 1. The number of aromatic nitrogens is 1. The molecule has 0 amide bonds. The molecule has 138 valence electrons. The summed E-state index contributed by atoms with van der Waals surface area (Å²) in [6.07, 6.45) is -0.724. The van der Waals surface area contributed by atoms with Crippen molar-refractivity contribution in [2.45, 2.75) is 38.6 Å². The van der Waals surface area contributed by atoms with E-state index in [9.17, 15) is 13.2 Å². The number of likely N-dealkylation sites (tertiary alicyclic amines) is 1. The molecular weight excluding hydrogens is 333 g/mol. The van der Waals surface area contributed by atoms with Crippen LogP contribution in [0.1, 0.15) is 30.9 Å². The van der Waals surface area contributed by atoms with Gasteiger partial charge in [0.2, 0.25) is 0 Å². The molecule has 1 aromatic heterocycles.